The van der Waals surface area contributed by atoms with Crippen molar-refractivity contribution < 1.29 is 44.4 Å². The average Bonchev–Trinajstić information content (AvgIpc) is 2.53. The molecule has 0 spiro atoms. The Morgan fingerprint density at radius 2 is 0.857 bits per heavy atom. The van der Waals surface area contributed by atoms with Crippen LogP contribution >= 0.6 is 0 Å². The van der Waals surface area contributed by atoms with Crippen LogP contribution in [0.4, 0.5) is 0 Å². The molecule has 0 heterocycles. The summed E-state index contributed by atoms with van der Waals surface area (Å²) in [6.45, 7) is 4.26. The summed E-state index contributed by atoms with van der Waals surface area (Å²) in [4.78, 5) is 48.9. The number of carboxylic acids is 4. The topological polar surface area (TPSA) is 296 Å². The second kappa shape index (κ2) is 19.0. The van der Waals surface area contributed by atoms with Crippen molar-refractivity contribution in [1.29, 1.82) is 0 Å². The Hall–Kier alpha value is -2.81. The van der Waals surface area contributed by atoms with Crippen LogP contribution in [0, 0.1) is 0 Å². The van der Waals surface area contributed by atoms with Crippen molar-refractivity contribution in [2.45, 2.75) is 57.8 Å². The summed E-state index contributed by atoms with van der Waals surface area (Å²) in [5.74, 6) is -4.53. The molecule has 0 aliphatic rings. The Morgan fingerprint density at radius 1 is 0.643 bits per heavy atom. The van der Waals surface area contributed by atoms with Gasteiger partial charge < -0.3 is 49.1 Å². The van der Waals surface area contributed by atoms with Crippen molar-refractivity contribution in [2.75, 3.05) is 0 Å². The molecule has 4 atom stereocenters. The third-order valence-corrected chi connectivity index (χ3v) is 2.19. The molecule has 166 valence electrons. The molecule has 0 aromatic rings. The second-order valence-corrected chi connectivity index (χ2v) is 5.33. The van der Waals surface area contributed by atoms with E-state index in [4.69, 9.17) is 49.1 Å². The van der Waals surface area contributed by atoms with E-state index in [-0.39, 0.29) is 12.8 Å². The standard InChI is InChI=1S/C5H10N2O3.3C3H7NO2/c6-3(5(9)10)1-2-4(7)8;3*1-2(4)3(5)6/h3H,1-2,6H2,(H2,7,8)(H,9,10);3*2H,4H2,1H3,(H,5,6)/t3-;3*2-/m0000/s1. The van der Waals surface area contributed by atoms with Crippen LogP contribution in [-0.4, -0.2) is 74.4 Å². The highest BCUT2D eigenvalue weighted by Gasteiger charge is 2.11. The summed E-state index contributed by atoms with van der Waals surface area (Å²) < 4.78 is 0. The molecule has 0 saturated heterocycles. The maximum atomic E-state index is 10.1. The van der Waals surface area contributed by atoms with E-state index in [1.165, 1.54) is 20.8 Å². The van der Waals surface area contributed by atoms with Gasteiger partial charge in [0, 0.05) is 6.42 Å². The molecule has 0 saturated carbocycles. The number of primary amides is 1. The minimum absolute atomic E-state index is 0.0213. The van der Waals surface area contributed by atoms with E-state index in [9.17, 15) is 24.0 Å². The number of carbonyl (C=O) groups excluding carboxylic acids is 1. The van der Waals surface area contributed by atoms with Gasteiger partial charge in [-0.25, -0.2) is 0 Å². The molecule has 14 nitrogen and oxygen atoms in total. The first kappa shape index (κ1) is 32.8. The number of amides is 1. The molecule has 1 amide bonds. The molecule has 14 heteroatoms. The largest absolute Gasteiger partial charge is 0.480 e. The van der Waals surface area contributed by atoms with Gasteiger partial charge in [0.05, 0.1) is 0 Å². The molecule has 14 N–H and O–H groups in total. The van der Waals surface area contributed by atoms with Gasteiger partial charge in [-0.1, -0.05) is 0 Å². The number of carboxylic acid groups (broad SMARTS) is 4. The third-order valence-electron chi connectivity index (χ3n) is 2.19. The fourth-order valence-corrected chi connectivity index (χ4v) is 0.421. The molecule has 0 unspecified atom stereocenters. The second-order valence-electron chi connectivity index (χ2n) is 5.33. The zero-order valence-electron chi connectivity index (χ0n) is 15.9. The number of hydrogen-bond acceptors (Lipinski definition) is 9. The van der Waals surface area contributed by atoms with E-state index in [1.807, 2.05) is 0 Å². The van der Waals surface area contributed by atoms with Gasteiger partial charge in [0.1, 0.15) is 24.2 Å². The van der Waals surface area contributed by atoms with Crippen LogP contribution in [0.15, 0.2) is 0 Å². The summed E-state index contributed by atoms with van der Waals surface area (Å²) in [7, 11) is 0. The summed E-state index contributed by atoms with van der Waals surface area (Å²) in [6, 6.07) is -3.17. The van der Waals surface area contributed by atoms with Gasteiger partial charge >= 0.3 is 23.9 Å². The van der Waals surface area contributed by atoms with Crippen molar-refractivity contribution in [2.24, 2.45) is 28.7 Å². The molecule has 28 heavy (non-hydrogen) atoms. The quantitative estimate of drug-likeness (QED) is 0.200. The van der Waals surface area contributed by atoms with Crippen molar-refractivity contribution >= 4 is 29.8 Å². The Kier molecular flexibility index (Phi) is 22.2. The van der Waals surface area contributed by atoms with E-state index in [2.05, 4.69) is 0 Å². The van der Waals surface area contributed by atoms with Crippen LogP contribution in [0.3, 0.4) is 0 Å². The molecule has 0 rings (SSSR count). The first-order chi connectivity index (χ1) is 12.5. The minimum atomic E-state index is -1.11. The van der Waals surface area contributed by atoms with E-state index in [0.29, 0.717) is 0 Å². The smallest absolute Gasteiger partial charge is 0.320 e. The zero-order chi connectivity index (χ0) is 23.6. The molecule has 0 aliphatic heterocycles. The average molecular weight is 413 g/mol. The van der Waals surface area contributed by atoms with Crippen LogP contribution in [0.1, 0.15) is 33.6 Å². The predicted octanol–water partition coefficient (Wildman–Crippen LogP) is -3.08. The zero-order valence-corrected chi connectivity index (χ0v) is 15.9. The molecule has 0 bridgehead atoms. The lowest BCUT2D eigenvalue weighted by Crippen LogP contribution is -2.31. The number of rotatable bonds is 7. The van der Waals surface area contributed by atoms with Gasteiger partial charge in [0.2, 0.25) is 5.91 Å². The summed E-state index contributed by atoms with van der Waals surface area (Å²) in [6.07, 6.45) is 0.123. The Bertz CT molecular complexity index is 453. The normalized spacial score (nSPS) is 13.2. The number of carbonyl (C=O) groups is 5. The fraction of sp³-hybridized carbons (Fsp3) is 0.643. The van der Waals surface area contributed by atoms with E-state index < -0.39 is 54.0 Å². The molecule has 0 aromatic heterocycles. The maximum absolute atomic E-state index is 10.1. The van der Waals surface area contributed by atoms with Crippen LogP contribution in [0.2, 0.25) is 0 Å². The van der Waals surface area contributed by atoms with Crippen LogP contribution in [-0.2, 0) is 24.0 Å². The number of hydrogen-bond donors (Lipinski definition) is 9. The lowest BCUT2D eigenvalue weighted by atomic mass is 10.2. The lowest BCUT2D eigenvalue weighted by molar-refractivity contribution is -0.139. The first-order valence-corrected chi connectivity index (χ1v) is 7.69. The molecule has 0 radical (unpaired) electrons. The lowest BCUT2D eigenvalue weighted by Gasteiger charge is -2.01. The summed E-state index contributed by atoms with van der Waals surface area (Å²) in [5.41, 5.74) is 24.3. The Labute approximate surface area is 161 Å². The molecule has 0 fully saturated rings. The van der Waals surface area contributed by atoms with E-state index in [0.717, 1.165) is 0 Å². The van der Waals surface area contributed by atoms with Crippen LogP contribution in [0.25, 0.3) is 0 Å². The fourth-order valence-electron chi connectivity index (χ4n) is 0.421. The molecular weight excluding hydrogens is 382 g/mol. The third kappa shape index (κ3) is 34.5. The maximum Gasteiger partial charge on any atom is 0.320 e. The van der Waals surface area contributed by atoms with Crippen molar-refractivity contribution in [1.82, 2.24) is 0 Å². The van der Waals surface area contributed by atoms with Gasteiger partial charge in [-0.3, -0.25) is 24.0 Å². The van der Waals surface area contributed by atoms with E-state index >= 15 is 0 Å². The SMILES string of the molecule is C[C@H](N)C(=O)O.C[C@H](N)C(=O)O.C[C@H](N)C(=O)O.NC(=O)CC[C@H](N)C(=O)O. The van der Waals surface area contributed by atoms with Crippen LogP contribution in [0.5, 0.6) is 0 Å². The summed E-state index contributed by atoms with van der Waals surface area (Å²) >= 11 is 0. The Morgan fingerprint density at radius 3 is 0.964 bits per heavy atom. The first-order valence-electron chi connectivity index (χ1n) is 7.69. The van der Waals surface area contributed by atoms with Crippen molar-refractivity contribution in [3.63, 3.8) is 0 Å². The monoisotopic (exact) mass is 413 g/mol. The number of nitrogens with two attached hydrogens (primary N) is 5. The highest BCUT2D eigenvalue weighted by molar-refractivity contribution is 5.77. The highest BCUT2D eigenvalue weighted by atomic mass is 16.4. The van der Waals surface area contributed by atoms with Gasteiger partial charge in [0.25, 0.3) is 0 Å². The molecule has 0 aliphatic carbocycles. The Balaban J connectivity index is -0.000000142. The van der Waals surface area contributed by atoms with Gasteiger partial charge in [-0.15, -0.1) is 0 Å². The predicted molar refractivity (Wildman–Crippen MR) is 97.9 cm³/mol. The molecular formula is C14H31N5O9. The highest BCUT2D eigenvalue weighted by Crippen LogP contribution is 1.92. The van der Waals surface area contributed by atoms with Crippen molar-refractivity contribution in [3.8, 4) is 0 Å². The van der Waals surface area contributed by atoms with Gasteiger partial charge in [-0.05, 0) is 27.2 Å². The van der Waals surface area contributed by atoms with Gasteiger partial charge in [-0.2, -0.15) is 0 Å². The molecule has 0 aromatic carbocycles. The summed E-state index contributed by atoms with van der Waals surface area (Å²) in [5, 5.41) is 31.8. The van der Waals surface area contributed by atoms with E-state index in [1.54, 1.807) is 0 Å². The van der Waals surface area contributed by atoms with Gasteiger partial charge in [0.15, 0.2) is 0 Å². The number of aliphatic carboxylic acids is 4. The van der Waals surface area contributed by atoms with Crippen LogP contribution < -0.4 is 28.7 Å². The van der Waals surface area contributed by atoms with Crippen molar-refractivity contribution in [3.05, 3.63) is 0 Å². The minimum Gasteiger partial charge on any atom is -0.480 e.